The van der Waals surface area contributed by atoms with Crippen molar-refractivity contribution < 1.29 is 13.2 Å². The lowest BCUT2D eigenvalue weighted by atomic mass is 10.1. The van der Waals surface area contributed by atoms with Gasteiger partial charge in [0.15, 0.2) is 0 Å². The molecule has 0 aliphatic rings. The van der Waals surface area contributed by atoms with Crippen LogP contribution in [-0.2, 0) is 16.6 Å². The summed E-state index contributed by atoms with van der Waals surface area (Å²) < 4.78 is 35.4. The molecule has 4 rings (SSSR count). The molecule has 1 aromatic heterocycles. The minimum Gasteiger partial charge on any atom is -0.497 e. The summed E-state index contributed by atoms with van der Waals surface area (Å²) in [5, 5.41) is 0. The minimum atomic E-state index is -3.71. The second-order valence-electron chi connectivity index (χ2n) is 7.66. The highest BCUT2D eigenvalue weighted by atomic mass is 32.2. The molecule has 0 unspecified atom stereocenters. The lowest BCUT2D eigenvalue weighted by molar-refractivity contribution is 0.414. The van der Waals surface area contributed by atoms with E-state index in [9.17, 15) is 8.42 Å². The molecule has 0 amide bonds. The SMILES string of the molecule is COc1ccc(Cn2c(-c3ccccc3)ccc2N(C)S(=O)(=O)c2ccc(C)cc2)cc1. The van der Waals surface area contributed by atoms with Crippen molar-refractivity contribution >= 4 is 15.8 Å². The van der Waals surface area contributed by atoms with Crippen LogP contribution in [0.1, 0.15) is 11.1 Å². The highest BCUT2D eigenvalue weighted by molar-refractivity contribution is 7.92. The topological polar surface area (TPSA) is 51.5 Å². The van der Waals surface area contributed by atoms with E-state index in [2.05, 4.69) is 0 Å². The number of rotatable bonds is 7. The number of aryl methyl sites for hydroxylation is 1. The maximum atomic E-state index is 13.4. The first-order chi connectivity index (χ1) is 15.4. The molecule has 0 radical (unpaired) electrons. The Morgan fingerprint density at radius 3 is 2.12 bits per heavy atom. The lowest BCUT2D eigenvalue weighted by Crippen LogP contribution is -2.29. The van der Waals surface area contributed by atoms with Gasteiger partial charge in [-0.1, -0.05) is 60.2 Å². The smallest absolute Gasteiger partial charge is 0.265 e. The minimum absolute atomic E-state index is 0.268. The number of ether oxygens (including phenoxy) is 1. The lowest BCUT2D eigenvalue weighted by Gasteiger charge is -2.23. The van der Waals surface area contributed by atoms with Crippen LogP contribution in [0.2, 0.25) is 0 Å². The van der Waals surface area contributed by atoms with E-state index in [4.69, 9.17) is 4.74 Å². The Labute approximate surface area is 189 Å². The Balaban J connectivity index is 1.79. The average Bonchev–Trinajstić information content (AvgIpc) is 3.23. The summed E-state index contributed by atoms with van der Waals surface area (Å²) in [7, 11) is -0.473. The van der Waals surface area contributed by atoms with Crippen molar-refractivity contribution in [2.75, 3.05) is 18.5 Å². The number of anilines is 1. The summed E-state index contributed by atoms with van der Waals surface area (Å²) in [4.78, 5) is 0.268. The van der Waals surface area contributed by atoms with Gasteiger partial charge in [-0.05, 0) is 54.4 Å². The summed E-state index contributed by atoms with van der Waals surface area (Å²) in [5.41, 5.74) is 4.03. The normalized spacial score (nSPS) is 11.3. The Bertz CT molecular complexity index is 1290. The van der Waals surface area contributed by atoms with E-state index in [-0.39, 0.29) is 4.90 Å². The van der Waals surface area contributed by atoms with Crippen molar-refractivity contribution in [2.45, 2.75) is 18.4 Å². The third-order valence-corrected chi connectivity index (χ3v) is 7.30. The second-order valence-corrected chi connectivity index (χ2v) is 9.63. The van der Waals surface area contributed by atoms with E-state index in [0.717, 1.165) is 28.1 Å². The second kappa shape index (κ2) is 8.93. The third kappa shape index (κ3) is 4.27. The Morgan fingerprint density at radius 2 is 1.50 bits per heavy atom. The third-order valence-electron chi connectivity index (χ3n) is 5.53. The number of hydrogen-bond acceptors (Lipinski definition) is 3. The van der Waals surface area contributed by atoms with E-state index in [0.29, 0.717) is 12.4 Å². The predicted molar refractivity (Wildman–Crippen MR) is 129 cm³/mol. The van der Waals surface area contributed by atoms with Gasteiger partial charge in [0.25, 0.3) is 10.0 Å². The molecule has 0 N–H and O–H groups in total. The van der Waals surface area contributed by atoms with Crippen LogP contribution < -0.4 is 9.04 Å². The predicted octanol–water partition coefficient (Wildman–Crippen LogP) is 5.35. The van der Waals surface area contributed by atoms with Gasteiger partial charge in [-0.2, -0.15) is 0 Å². The first kappa shape index (κ1) is 21.7. The first-order valence-electron chi connectivity index (χ1n) is 10.3. The molecule has 0 atom stereocenters. The molecule has 0 saturated heterocycles. The monoisotopic (exact) mass is 446 g/mol. The van der Waals surface area contributed by atoms with Crippen LogP contribution in [0.5, 0.6) is 5.75 Å². The standard InChI is InChI=1S/C26H26N2O3S/c1-20-9-15-24(16-10-20)32(29,30)27(2)26-18-17-25(22-7-5-4-6-8-22)28(26)19-21-11-13-23(31-3)14-12-21/h4-18H,19H2,1-3H3. The number of hydrogen-bond donors (Lipinski definition) is 0. The highest BCUT2D eigenvalue weighted by Crippen LogP contribution is 2.31. The van der Waals surface area contributed by atoms with Crippen LogP contribution in [0.3, 0.4) is 0 Å². The number of sulfonamides is 1. The van der Waals surface area contributed by atoms with Crippen LogP contribution in [0.15, 0.2) is 95.9 Å². The maximum Gasteiger partial charge on any atom is 0.265 e. The van der Waals surface area contributed by atoms with Crippen molar-refractivity contribution in [1.82, 2.24) is 4.57 Å². The fraction of sp³-hybridized carbons (Fsp3) is 0.154. The van der Waals surface area contributed by atoms with Gasteiger partial charge >= 0.3 is 0 Å². The quantitative estimate of drug-likeness (QED) is 0.385. The largest absolute Gasteiger partial charge is 0.497 e. The average molecular weight is 447 g/mol. The van der Waals surface area contributed by atoms with E-state index < -0.39 is 10.0 Å². The number of benzene rings is 3. The maximum absolute atomic E-state index is 13.4. The molecule has 0 saturated carbocycles. The molecular weight excluding hydrogens is 420 g/mol. The van der Waals surface area contributed by atoms with Crippen molar-refractivity contribution in [3.8, 4) is 17.0 Å². The fourth-order valence-electron chi connectivity index (χ4n) is 3.66. The molecule has 1 heterocycles. The van der Waals surface area contributed by atoms with Crippen LogP contribution in [0.25, 0.3) is 11.3 Å². The van der Waals surface area contributed by atoms with Gasteiger partial charge in [0.2, 0.25) is 0 Å². The van der Waals surface area contributed by atoms with E-state index in [1.165, 1.54) is 4.31 Å². The number of nitrogens with zero attached hydrogens (tertiary/aromatic N) is 2. The fourth-order valence-corrected chi connectivity index (χ4v) is 4.87. The van der Waals surface area contributed by atoms with Crippen LogP contribution in [0.4, 0.5) is 5.82 Å². The van der Waals surface area contributed by atoms with Crippen molar-refractivity contribution in [3.63, 3.8) is 0 Å². The number of methoxy groups -OCH3 is 1. The molecule has 32 heavy (non-hydrogen) atoms. The summed E-state index contributed by atoms with van der Waals surface area (Å²) in [5.74, 6) is 1.38. The van der Waals surface area contributed by atoms with Gasteiger partial charge in [-0.15, -0.1) is 0 Å². The molecule has 0 spiro atoms. The molecule has 0 bridgehead atoms. The van der Waals surface area contributed by atoms with E-state index >= 15 is 0 Å². The van der Waals surface area contributed by atoms with Gasteiger partial charge in [-0.25, -0.2) is 8.42 Å². The summed E-state index contributed by atoms with van der Waals surface area (Å²) in [6.07, 6.45) is 0. The van der Waals surface area contributed by atoms with Crippen molar-refractivity contribution in [2.24, 2.45) is 0 Å². The molecule has 4 aromatic rings. The molecule has 0 aliphatic heterocycles. The number of aromatic nitrogens is 1. The zero-order chi connectivity index (χ0) is 22.7. The summed E-state index contributed by atoms with van der Waals surface area (Å²) in [6, 6.07) is 28.5. The van der Waals surface area contributed by atoms with Crippen molar-refractivity contribution in [1.29, 1.82) is 0 Å². The van der Waals surface area contributed by atoms with Gasteiger partial charge in [0.1, 0.15) is 11.6 Å². The van der Waals surface area contributed by atoms with Crippen LogP contribution in [0, 0.1) is 6.92 Å². The van der Waals surface area contributed by atoms with Gasteiger partial charge < -0.3 is 9.30 Å². The molecule has 6 heteroatoms. The van der Waals surface area contributed by atoms with E-state index in [1.807, 2.05) is 90.4 Å². The van der Waals surface area contributed by atoms with E-state index in [1.54, 1.807) is 26.3 Å². The van der Waals surface area contributed by atoms with Gasteiger partial charge in [-0.3, -0.25) is 4.31 Å². The van der Waals surface area contributed by atoms with Crippen LogP contribution >= 0.6 is 0 Å². The summed E-state index contributed by atoms with van der Waals surface area (Å²) >= 11 is 0. The Hall–Kier alpha value is -3.51. The van der Waals surface area contributed by atoms with Crippen LogP contribution in [-0.4, -0.2) is 27.1 Å². The zero-order valence-corrected chi connectivity index (χ0v) is 19.2. The molecule has 0 fully saturated rings. The Morgan fingerprint density at radius 1 is 0.844 bits per heavy atom. The zero-order valence-electron chi connectivity index (χ0n) is 18.4. The summed E-state index contributed by atoms with van der Waals surface area (Å²) in [6.45, 7) is 2.45. The van der Waals surface area contributed by atoms with Crippen molar-refractivity contribution in [3.05, 3.63) is 102 Å². The van der Waals surface area contributed by atoms with Gasteiger partial charge in [0.05, 0.1) is 17.7 Å². The molecule has 0 aliphatic carbocycles. The molecule has 164 valence electrons. The Kier molecular flexibility index (Phi) is 6.06. The molecule has 3 aromatic carbocycles. The molecular formula is C26H26N2O3S. The first-order valence-corrected chi connectivity index (χ1v) is 11.8. The molecule has 5 nitrogen and oxygen atoms in total. The highest BCUT2D eigenvalue weighted by Gasteiger charge is 2.25. The van der Waals surface area contributed by atoms with Gasteiger partial charge in [0, 0.05) is 13.6 Å².